The van der Waals surface area contributed by atoms with Gasteiger partial charge in [-0.25, -0.2) is 8.42 Å². The van der Waals surface area contributed by atoms with E-state index in [2.05, 4.69) is 10.5 Å². The monoisotopic (exact) mass is 279 g/mol. The number of rotatable bonds is 4. The largest absolute Gasteiger partial charge is 0.382 e. The maximum absolute atomic E-state index is 11.6. The highest BCUT2D eigenvalue weighted by molar-refractivity contribution is 7.90. The van der Waals surface area contributed by atoms with E-state index in [0.29, 0.717) is 0 Å². The molecule has 1 rings (SSSR count). The van der Waals surface area contributed by atoms with Crippen molar-refractivity contribution < 1.29 is 8.42 Å². The van der Waals surface area contributed by atoms with Crippen LogP contribution in [0.4, 0.5) is 5.69 Å². The van der Waals surface area contributed by atoms with Crippen molar-refractivity contribution in [2.24, 2.45) is 10.8 Å². The van der Waals surface area contributed by atoms with E-state index >= 15 is 0 Å². The van der Waals surface area contributed by atoms with Crippen molar-refractivity contribution in [2.75, 3.05) is 11.7 Å². The summed E-state index contributed by atoms with van der Waals surface area (Å²) in [7, 11) is -3.43. The molecule has 0 spiro atoms. The third kappa shape index (κ3) is 3.79. The van der Waals surface area contributed by atoms with Crippen molar-refractivity contribution in [3.8, 4) is 6.07 Å². The summed E-state index contributed by atoms with van der Waals surface area (Å²) in [5, 5.41) is 19.4. The van der Waals surface area contributed by atoms with Crippen LogP contribution >= 0.6 is 0 Å². The zero-order chi connectivity index (χ0) is 14.6. The number of hydrogen-bond donors (Lipinski definition) is 3. The van der Waals surface area contributed by atoms with Crippen LogP contribution in [0.25, 0.3) is 0 Å². The van der Waals surface area contributed by atoms with E-state index in [0.717, 1.165) is 11.8 Å². The van der Waals surface area contributed by atoms with Crippen LogP contribution in [0.5, 0.6) is 0 Å². The average Bonchev–Trinajstić information content (AvgIpc) is 2.29. The van der Waals surface area contributed by atoms with Crippen molar-refractivity contribution in [1.82, 2.24) is 0 Å². The molecule has 8 heteroatoms. The lowest BCUT2D eigenvalue weighted by Gasteiger charge is -2.08. The first-order valence-corrected chi connectivity index (χ1v) is 7.03. The molecule has 0 radical (unpaired) electrons. The Labute approximate surface area is 111 Å². The molecule has 0 bridgehead atoms. The average molecular weight is 279 g/mol. The first-order chi connectivity index (χ1) is 8.75. The Balaban J connectivity index is 3.24. The highest BCUT2D eigenvalue weighted by atomic mass is 32.2. The maximum Gasteiger partial charge on any atom is 0.201 e. The molecule has 0 amide bonds. The molecular formula is C11H13N5O2S. The van der Waals surface area contributed by atoms with Crippen LogP contribution in [0.3, 0.4) is 0 Å². The SMILES string of the molecule is Cc1ccc(N/N=C(\C#N)C(=N)N)c(S(C)(=O)=O)c1. The molecule has 0 aromatic heterocycles. The molecule has 0 heterocycles. The smallest absolute Gasteiger partial charge is 0.201 e. The second-order valence-corrected chi connectivity index (χ2v) is 5.85. The first-order valence-electron chi connectivity index (χ1n) is 5.14. The molecule has 7 nitrogen and oxygen atoms in total. The van der Waals surface area contributed by atoms with Crippen molar-refractivity contribution in [2.45, 2.75) is 11.8 Å². The lowest BCUT2D eigenvalue weighted by atomic mass is 10.2. The summed E-state index contributed by atoms with van der Waals surface area (Å²) in [4.78, 5) is 0.0668. The number of nitriles is 1. The van der Waals surface area contributed by atoms with Crippen LogP contribution in [-0.2, 0) is 9.84 Å². The quantitative estimate of drug-likeness (QED) is 0.422. The lowest BCUT2D eigenvalue weighted by molar-refractivity contribution is 0.602. The van der Waals surface area contributed by atoms with E-state index in [1.807, 2.05) is 0 Å². The van der Waals surface area contributed by atoms with Crippen molar-refractivity contribution in [1.29, 1.82) is 10.7 Å². The number of nitrogens with zero attached hydrogens (tertiary/aromatic N) is 2. The van der Waals surface area contributed by atoms with Gasteiger partial charge in [0.05, 0.1) is 10.6 Å². The molecule has 1 aromatic carbocycles. The van der Waals surface area contributed by atoms with Gasteiger partial charge >= 0.3 is 0 Å². The predicted molar refractivity (Wildman–Crippen MR) is 72.9 cm³/mol. The predicted octanol–water partition coefficient (Wildman–Crippen LogP) is 0.626. The molecule has 0 aliphatic rings. The van der Waals surface area contributed by atoms with Crippen LogP contribution in [0.2, 0.25) is 0 Å². The Morgan fingerprint density at radius 1 is 1.53 bits per heavy atom. The van der Waals surface area contributed by atoms with Gasteiger partial charge in [-0.15, -0.1) is 0 Å². The van der Waals surface area contributed by atoms with Gasteiger partial charge in [0.1, 0.15) is 6.07 Å². The molecule has 0 saturated heterocycles. The Kier molecular flexibility index (Phi) is 4.24. The summed E-state index contributed by atoms with van der Waals surface area (Å²) in [5.74, 6) is -0.497. The number of aryl methyl sites for hydroxylation is 1. The van der Waals surface area contributed by atoms with Gasteiger partial charge in [-0.1, -0.05) is 6.07 Å². The summed E-state index contributed by atoms with van der Waals surface area (Å²) >= 11 is 0. The molecule has 0 saturated carbocycles. The third-order valence-corrected chi connectivity index (χ3v) is 3.32. The molecule has 0 atom stereocenters. The summed E-state index contributed by atoms with van der Waals surface area (Å²) in [6.07, 6.45) is 1.08. The number of anilines is 1. The normalized spacial score (nSPS) is 11.7. The standard InChI is InChI=1S/C11H13N5O2S/c1-7-3-4-8(10(5-7)19(2,17)18)15-16-9(6-12)11(13)14/h3-5,15H,1-2H3,(H3,13,14)/b16-9+. The molecule has 0 aliphatic heterocycles. The Morgan fingerprint density at radius 3 is 2.63 bits per heavy atom. The number of hydrogen-bond acceptors (Lipinski definition) is 6. The van der Waals surface area contributed by atoms with Gasteiger partial charge in [0, 0.05) is 6.26 Å². The molecule has 1 aromatic rings. The Morgan fingerprint density at radius 2 is 2.16 bits per heavy atom. The molecular weight excluding hydrogens is 266 g/mol. The van der Waals surface area contributed by atoms with Gasteiger partial charge in [0.15, 0.2) is 15.7 Å². The number of benzene rings is 1. The number of nitrogens with two attached hydrogens (primary N) is 1. The topological polar surface area (TPSA) is 132 Å². The van der Waals surface area contributed by atoms with Gasteiger partial charge < -0.3 is 5.73 Å². The van der Waals surface area contributed by atoms with E-state index < -0.39 is 15.7 Å². The van der Waals surface area contributed by atoms with Gasteiger partial charge in [0.2, 0.25) is 5.71 Å². The minimum Gasteiger partial charge on any atom is -0.382 e. The van der Waals surface area contributed by atoms with E-state index in [1.54, 1.807) is 19.1 Å². The molecule has 19 heavy (non-hydrogen) atoms. The number of hydrazone groups is 1. The van der Waals surface area contributed by atoms with Crippen molar-refractivity contribution in [3.05, 3.63) is 23.8 Å². The molecule has 0 fully saturated rings. The number of amidine groups is 1. The molecule has 100 valence electrons. The van der Waals surface area contributed by atoms with Crippen LogP contribution < -0.4 is 11.2 Å². The summed E-state index contributed by atoms with van der Waals surface area (Å²) in [6, 6.07) is 6.36. The highest BCUT2D eigenvalue weighted by Crippen LogP contribution is 2.22. The minimum atomic E-state index is -3.43. The van der Waals surface area contributed by atoms with E-state index in [9.17, 15) is 8.42 Å². The van der Waals surface area contributed by atoms with Gasteiger partial charge in [-0.2, -0.15) is 10.4 Å². The van der Waals surface area contributed by atoms with E-state index in [4.69, 9.17) is 16.4 Å². The number of sulfone groups is 1. The Hall–Kier alpha value is -2.40. The third-order valence-electron chi connectivity index (χ3n) is 2.19. The first kappa shape index (κ1) is 14.7. The van der Waals surface area contributed by atoms with Crippen LogP contribution in [0, 0.1) is 23.7 Å². The fraction of sp³-hybridized carbons (Fsp3) is 0.182. The van der Waals surface area contributed by atoms with Crippen LogP contribution in [0.1, 0.15) is 5.56 Å². The van der Waals surface area contributed by atoms with Gasteiger partial charge in [0.25, 0.3) is 0 Å². The van der Waals surface area contributed by atoms with Crippen molar-refractivity contribution >= 4 is 27.1 Å². The van der Waals surface area contributed by atoms with Gasteiger partial charge in [-0.3, -0.25) is 10.8 Å². The fourth-order valence-corrected chi connectivity index (χ4v) is 2.20. The minimum absolute atomic E-state index is 0.0668. The van der Waals surface area contributed by atoms with Gasteiger partial charge in [-0.05, 0) is 24.6 Å². The summed E-state index contributed by atoms with van der Waals surface area (Å²) in [6.45, 7) is 1.76. The van der Waals surface area contributed by atoms with Crippen LogP contribution in [0.15, 0.2) is 28.2 Å². The highest BCUT2D eigenvalue weighted by Gasteiger charge is 2.13. The van der Waals surface area contributed by atoms with Crippen molar-refractivity contribution in [3.63, 3.8) is 0 Å². The summed E-state index contributed by atoms with van der Waals surface area (Å²) < 4.78 is 23.3. The Bertz CT molecular complexity index is 686. The van der Waals surface area contributed by atoms with E-state index in [1.165, 1.54) is 12.1 Å². The zero-order valence-corrected chi connectivity index (χ0v) is 11.2. The zero-order valence-electron chi connectivity index (χ0n) is 10.4. The van der Waals surface area contributed by atoms with E-state index in [-0.39, 0.29) is 16.3 Å². The maximum atomic E-state index is 11.6. The lowest BCUT2D eigenvalue weighted by Crippen LogP contribution is -2.22. The number of nitrogens with one attached hydrogen (secondary N) is 2. The fourth-order valence-electron chi connectivity index (χ4n) is 1.29. The molecule has 0 unspecified atom stereocenters. The summed E-state index contributed by atoms with van der Waals surface area (Å²) in [5.41, 5.74) is 8.26. The second-order valence-electron chi connectivity index (χ2n) is 3.87. The molecule has 4 N–H and O–H groups in total. The molecule has 0 aliphatic carbocycles. The second kappa shape index (κ2) is 5.49. The van der Waals surface area contributed by atoms with Crippen LogP contribution in [-0.4, -0.2) is 26.2 Å².